The summed E-state index contributed by atoms with van der Waals surface area (Å²) in [6.07, 6.45) is 0.173. The molecule has 1 aromatic rings. The van der Waals surface area contributed by atoms with Crippen molar-refractivity contribution in [3.05, 3.63) is 29.3 Å². The summed E-state index contributed by atoms with van der Waals surface area (Å²) >= 11 is 5.89. The molecule has 0 aliphatic carbocycles. The first-order valence-corrected chi connectivity index (χ1v) is 7.18. The van der Waals surface area contributed by atoms with Crippen LogP contribution in [0.4, 0.5) is 10.5 Å². The van der Waals surface area contributed by atoms with E-state index in [0.29, 0.717) is 29.7 Å². The van der Waals surface area contributed by atoms with Gasteiger partial charge in [0, 0.05) is 23.8 Å². The molecule has 0 unspecified atom stereocenters. The fourth-order valence-electron chi connectivity index (χ4n) is 1.81. The average Bonchev–Trinajstić information content (AvgIpc) is 2.42. The van der Waals surface area contributed by atoms with E-state index in [1.54, 1.807) is 29.2 Å². The van der Waals surface area contributed by atoms with E-state index >= 15 is 0 Å². The second-order valence-electron chi connectivity index (χ2n) is 5.11. The lowest BCUT2D eigenvalue weighted by molar-refractivity contribution is -0.140. The highest BCUT2D eigenvalue weighted by molar-refractivity contribution is 6.30. The van der Waals surface area contributed by atoms with Crippen molar-refractivity contribution in [2.45, 2.75) is 20.3 Å². The van der Waals surface area contributed by atoms with Gasteiger partial charge in [-0.2, -0.15) is 0 Å². The van der Waals surface area contributed by atoms with Crippen molar-refractivity contribution < 1.29 is 14.3 Å². The van der Waals surface area contributed by atoms with Gasteiger partial charge in [-0.05, 0) is 24.1 Å². The van der Waals surface area contributed by atoms with Crippen molar-refractivity contribution >= 4 is 29.3 Å². The number of anilines is 1. The molecule has 0 aliphatic rings. The Bertz CT molecular complexity index is 492. The summed E-state index contributed by atoms with van der Waals surface area (Å²) < 4.78 is 4.60. The van der Waals surface area contributed by atoms with Crippen molar-refractivity contribution in [3.63, 3.8) is 0 Å². The molecule has 0 atom stereocenters. The van der Waals surface area contributed by atoms with Crippen LogP contribution in [-0.4, -0.2) is 37.1 Å². The second kappa shape index (κ2) is 8.52. The number of esters is 1. The zero-order valence-electron chi connectivity index (χ0n) is 12.6. The summed E-state index contributed by atoms with van der Waals surface area (Å²) in [6.45, 7) is 4.90. The van der Waals surface area contributed by atoms with E-state index in [4.69, 9.17) is 11.6 Å². The number of carbonyl (C=O) groups excluding carboxylic acids is 2. The number of benzene rings is 1. The summed E-state index contributed by atoms with van der Waals surface area (Å²) in [5.74, 6) is -0.0351. The zero-order valence-corrected chi connectivity index (χ0v) is 13.3. The Labute approximate surface area is 130 Å². The van der Waals surface area contributed by atoms with Crippen LogP contribution in [0, 0.1) is 5.92 Å². The van der Waals surface area contributed by atoms with Crippen LogP contribution >= 0.6 is 11.6 Å². The summed E-state index contributed by atoms with van der Waals surface area (Å²) in [5.41, 5.74) is 0.624. The van der Waals surface area contributed by atoms with Crippen molar-refractivity contribution in [2.75, 3.05) is 25.5 Å². The lowest BCUT2D eigenvalue weighted by Gasteiger charge is -2.24. The molecular formula is C15H21ClN2O3. The minimum Gasteiger partial charge on any atom is -0.469 e. The van der Waals surface area contributed by atoms with E-state index in [1.807, 2.05) is 13.8 Å². The van der Waals surface area contributed by atoms with Crippen LogP contribution in [0.5, 0.6) is 0 Å². The number of carbonyl (C=O) groups is 2. The average molecular weight is 313 g/mol. The number of hydrogen-bond donors (Lipinski definition) is 1. The second-order valence-corrected chi connectivity index (χ2v) is 5.54. The first-order chi connectivity index (χ1) is 9.92. The van der Waals surface area contributed by atoms with Gasteiger partial charge in [-0.3, -0.25) is 4.79 Å². The standard InChI is InChI=1S/C15H21ClN2O3/c1-11(2)10-18(8-7-14(19)21-3)15(20)17-13-6-4-5-12(16)9-13/h4-6,9,11H,7-8,10H2,1-3H3,(H,17,20). The van der Waals surface area contributed by atoms with Crippen LogP contribution in [0.15, 0.2) is 24.3 Å². The van der Waals surface area contributed by atoms with Gasteiger partial charge in [0.15, 0.2) is 0 Å². The number of nitrogens with zero attached hydrogens (tertiary/aromatic N) is 1. The molecule has 0 bridgehead atoms. The molecule has 1 N–H and O–H groups in total. The highest BCUT2D eigenvalue weighted by Gasteiger charge is 2.16. The van der Waals surface area contributed by atoms with Crippen LogP contribution in [-0.2, 0) is 9.53 Å². The van der Waals surface area contributed by atoms with Crippen LogP contribution in [0.25, 0.3) is 0 Å². The molecule has 6 heteroatoms. The van der Waals surface area contributed by atoms with E-state index in [9.17, 15) is 9.59 Å². The Morgan fingerprint density at radius 3 is 2.67 bits per heavy atom. The normalized spacial score (nSPS) is 10.3. The molecule has 21 heavy (non-hydrogen) atoms. The van der Waals surface area contributed by atoms with E-state index in [1.165, 1.54) is 7.11 Å². The maximum Gasteiger partial charge on any atom is 0.321 e. The molecule has 1 aromatic carbocycles. The number of urea groups is 1. The Morgan fingerprint density at radius 1 is 1.38 bits per heavy atom. The molecule has 0 saturated heterocycles. The molecule has 116 valence electrons. The van der Waals surface area contributed by atoms with Crippen molar-refractivity contribution in [1.82, 2.24) is 4.90 Å². The number of hydrogen-bond acceptors (Lipinski definition) is 3. The molecule has 0 spiro atoms. The number of methoxy groups -OCH3 is 1. The smallest absolute Gasteiger partial charge is 0.321 e. The lowest BCUT2D eigenvalue weighted by Crippen LogP contribution is -2.39. The zero-order chi connectivity index (χ0) is 15.8. The lowest BCUT2D eigenvalue weighted by atomic mass is 10.2. The molecule has 0 aliphatic heterocycles. The third-order valence-corrected chi connectivity index (χ3v) is 3.00. The predicted octanol–water partition coefficient (Wildman–Crippen LogP) is 3.39. The first-order valence-electron chi connectivity index (χ1n) is 6.80. The highest BCUT2D eigenvalue weighted by atomic mass is 35.5. The van der Waals surface area contributed by atoms with E-state index in [-0.39, 0.29) is 18.4 Å². The van der Waals surface area contributed by atoms with Crippen LogP contribution < -0.4 is 5.32 Å². The van der Waals surface area contributed by atoms with E-state index < -0.39 is 0 Å². The van der Waals surface area contributed by atoms with Gasteiger partial charge in [0.25, 0.3) is 0 Å². The van der Waals surface area contributed by atoms with Crippen molar-refractivity contribution in [2.24, 2.45) is 5.92 Å². The quantitative estimate of drug-likeness (QED) is 0.819. The molecule has 0 heterocycles. The summed E-state index contributed by atoms with van der Waals surface area (Å²) in [4.78, 5) is 25.1. The van der Waals surface area contributed by atoms with Crippen molar-refractivity contribution in [1.29, 1.82) is 0 Å². The molecule has 0 aromatic heterocycles. The van der Waals surface area contributed by atoms with Gasteiger partial charge in [-0.25, -0.2) is 4.79 Å². The predicted molar refractivity (Wildman–Crippen MR) is 83.5 cm³/mol. The maximum atomic E-state index is 12.3. The summed E-state index contributed by atoms with van der Waals surface area (Å²) in [6, 6.07) is 6.68. The molecular weight excluding hydrogens is 292 g/mol. The summed E-state index contributed by atoms with van der Waals surface area (Å²) in [5, 5.41) is 3.33. The molecule has 5 nitrogen and oxygen atoms in total. The van der Waals surface area contributed by atoms with Crippen LogP contribution in [0.2, 0.25) is 5.02 Å². The molecule has 1 rings (SSSR count). The number of rotatable bonds is 6. The highest BCUT2D eigenvalue weighted by Crippen LogP contribution is 2.15. The third kappa shape index (κ3) is 6.49. The van der Waals surface area contributed by atoms with Gasteiger partial charge in [0.2, 0.25) is 0 Å². The van der Waals surface area contributed by atoms with Gasteiger partial charge in [-0.15, -0.1) is 0 Å². The Balaban J connectivity index is 2.68. The largest absolute Gasteiger partial charge is 0.469 e. The molecule has 0 saturated carbocycles. The fourth-order valence-corrected chi connectivity index (χ4v) is 2.00. The minimum absolute atomic E-state index is 0.173. The van der Waals surface area contributed by atoms with E-state index in [2.05, 4.69) is 10.1 Å². The molecule has 0 radical (unpaired) electrons. The molecule has 2 amide bonds. The van der Waals surface area contributed by atoms with E-state index in [0.717, 1.165) is 0 Å². The Kier molecular flexibility index (Phi) is 7.02. The summed E-state index contributed by atoms with van der Waals surface area (Å²) in [7, 11) is 1.33. The van der Waals surface area contributed by atoms with Gasteiger partial charge >= 0.3 is 12.0 Å². The van der Waals surface area contributed by atoms with Gasteiger partial charge in [-0.1, -0.05) is 31.5 Å². The number of ether oxygens (including phenoxy) is 1. The first kappa shape index (κ1) is 17.3. The van der Waals surface area contributed by atoms with Crippen molar-refractivity contribution in [3.8, 4) is 0 Å². The Hall–Kier alpha value is -1.75. The van der Waals surface area contributed by atoms with Gasteiger partial charge in [0.05, 0.1) is 13.5 Å². The maximum absolute atomic E-state index is 12.3. The SMILES string of the molecule is COC(=O)CCN(CC(C)C)C(=O)Nc1cccc(Cl)c1. The monoisotopic (exact) mass is 312 g/mol. The fraction of sp³-hybridized carbons (Fsp3) is 0.467. The van der Waals surface area contributed by atoms with Gasteiger partial charge in [0.1, 0.15) is 0 Å². The minimum atomic E-state index is -0.334. The van der Waals surface area contributed by atoms with Crippen LogP contribution in [0.3, 0.4) is 0 Å². The van der Waals surface area contributed by atoms with Gasteiger partial charge < -0.3 is 15.0 Å². The molecule has 0 fully saturated rings. The van der Waals surface area contributed by atoms with Crippen LogP contribution in [0.1, 0.15) is 20.3 Å². The number of amides is 2. The topological polar surface area (TPSA) is 58.6 Å². The Morgan fingerprint density at radius 2 is 2.10 bits per heavy atom. The number of nitrogens with one attached hydrogen (secondary N) is 1. The third-order valence-electron chi connectivity index (χ3n) is 2.76. The number of halogens is 1.